The van der Waals surface area contributed by atoms with Gasteiger partial charge in [0.15, 0.2) is 0 Å². The Morgan fingerprint density at radius 3 is 1.93 bits per heavy atom. The van der Waals surface area contributed by atoms with Gasteiger partial charge in [0, 0.05) is 0 Å². The molecule has 0 heteroatoms. The van der Waals surface area contributed by atoms with E-state index in [4.69, 9.17) is 0 Å². The molecule has 0 nitrogen and oxygen atoms in total. The van der Waals surface area contributed by atoms with Gasteiger partial charge in [0.2, 0.25) is 0 Å². The first kappa shape index (κ1) is 16.9. The first-order valence-electron chi connectivity index (χ1n) is 6.29. The van der Waals surface area contributed by atoms with Gasteiger partial charge in [-0.3, -0.25) is 0 Å². The van der Waals surface area contributed by atoms with Crippen molar-refractivity contribution >= 4 is 0 Å². The predicted molar refractivity (Wildman–Crippen MR) is 73.2 cm³/mol. The van der Waals surface area contributed by atoms with Gasteiger partial charge in [0.25, 0.3) is 0 Å². The van der Waals surface area contributed by atoms with Gasteiger partial charge in [0.1, 0.15) is 0 Å². The fourth-order valence-corrected chi connectivity index (χ4v) is 1.37. The molecule has 0 atom stereocenters. The summed E-state index contributed by atoms with van der Waals surface area (Å²) >= 11 is 0. The van der Waals surface area contributed by atoms with Gasteiger partial charge in [-0.15, -0.1) is 0 Å². The van der Waals surface area contributed by atoms with Crippen LogP contribution in [0, 0.1) is 11.3 Å². The summed E-state index contributed by atoms with van der Waals surface area (Å²) in [5.41, 5.74) is 1.87. The third kappa shape index (κ3) is 5.81. The molecule has 0 aromatic carbocycles. The molecule has 0 heterocycles. The molecule has 0 saturated carbocycles. The van der Waals surface area contributed by atoms with Gasteiger partial charge >= 0.3 is 0 Å². The Labute approximate surface area is 97.5 Å². The number of hydrogen-bond acceptors (Lipinski definition) is 0. The van der Waals surface area contributed by atoms with Crippen LogP contribution in [0.5, 0.6) is 0 Å². The van der Waals surface area contributed by atoms with Gasteiger partial charge in [0.05, 0.1) is 0 Å². The van der Waals surface area contributed by atoms with Crippen molar-refractivity contribution in [2.24, 2.45) is 11.3 Å². The Kier molecular flexibility index (Phi) is 9.87. The number of allylic oxidation sites excluding steroid dienone is 4. The molecule has 0 fully saturated rings. The van der Waals surface area contributed by atoms with E-state index in [-0.39, 0.29) is 0 Å². The summed E-state index contributed by atoms with van der Waals surface area (Å²) in [6.07, 6.45) is 7.64. The molecule has 0 aromatic heterocycles. The van der Waals surface area contributed by atoms with E-state index in [1.807, 2.05) is 13.8 Å². The standard InChI is InChI=1S/C13H24.C2H6/c1-7-9-10-12(8-2)13(5,6)11(3)4;1-2/h7,9-11H,8H2,1-6H3;1-2H3/b9-7-,12-10+;. The van der Waals surface area contributed by atoms with Gasteiger partial charge in [-0.25, -0.2) is 0 Å². The van der Waals surface area contributed by atoms with Crippen molar-refractivity contribution in [3.8, 4) is 0 Å². The summed E-state index contributed by atoms with van der Waals surface area (Å²) in [6.45, 7) is 17.5. The molecule has 0 aliphatic carbocycles. The molecule has 0 bridgehead atoms. The van der Waals surface area contributed by atoms with Crippen molar-refractivity contribution in [3.05, 3.63) is 23.8 Å². The first-order valence-corrected chi connectivity index (χ1v) is 6.29. The molecule has 15 heavy (non-hydrogen) atoms. The van der Waals surface area contributed by atoms with Crippen LogP contribution in [0.25, 0.3) is 0 Å². The number of hydrogen-bond donors (Lipinski definition) is 0. The fraction of sp³-hybridized carbons (Fsp3) is 0.733. The predicted octanol–water partition coefficient (Wildman–Crippen LogP) is 5.61. The third-order valence-electron chi connectivity index (χ3n) is 3.14. The molecule has 0 aliphatic rings. The first-order chi connectivity index (χ1) is 6.96. The van der Waals surface area contributed by atoms with Gasteiger partial charge in [-0.1, -0.05) is 72.3 Å². The second kappa shape index (κ2) is 8.76. The van der Waals surface area contributed by atoms with Crippen LogP contribution in [0.2, 0.25) is 0 Å². The van der Waals surface area contributed by atoms with E-state index in [1.165, 1.54) is 0 Å². The van der Waals surface area contributed by atoms with Crippen molar-refractivity contribution < 1.29 is 0 Å². The molecule has 0 spiro atoms. The lowest BCUT2D eigenvalue weighted by molar-refractivity contribution is 0.303. The second-order valence-electron chi connectivity index (χ2n) is 4.45. The summed E-state index contributed by atoms with van der Waals surface area (Å²) in [4.78, 5) is 0. The van der Waals surface area contributed by atoms with Crippen LogP contribution in [0.4, 0.5) is 0 Å². The lowest BCUT2D eigenvalue weighted by Crippen LogP contribution is -2.21. The summed E-state index contributed by atoms with van der Waals surface area (Å²) in [7, 11) is 0. The monoisotopic (exact) mass is 210 g/mol. The molecular weight excluding hydrogens is 180 g/mol. The van der Waals surface area contributed by atoms with Crippen LogP contribution in [-0.2, 0) is 0 Å². The van der Waals surface area contributed by atoms with Crippen molar-refractivity contribution in [1.82, 2.24) is 0 Å². The Balaban J connectivity index is 0. The van der Waals surface area contributed by atoms with Gasteiger partial charge in [-0.2, -0.15) is 0 Å². The maximum atomic E-state index is 2.33. The highest BCUT2D eigenvalue weighted by Gasteiger charge is 2.25. The SMILES string of the molecule is C/C=C\C=C(/CC)C(C)(C)C(C)C.CC. The molecule has 0 amide bonds. The molecule has 0 rings (SSSR count). The Morgan fingerprint density at radius 2 is 1.67 bits per heavy atom. The smallest absolute Gasteiger partial charge is 0.0119 e. The molecule has 0 aliphatic heterocycles. The fourth-order valence-electron chi connectivity index (χ4n) is 1.37. The minimum absolute atomic E-state index is 0.328. The number of rotatable bonds is 4. The zero-order valence-corrected chi connectivity index (χ0v) is 12.0. The Morgan fingerprint density at radius 1 is 1.20 bits per heavy atom. The average molecular weight is 210 g/mol. The molecule has 0 unspecified atom stereocenters. The lowest BCUT2D eigenvalue weighted by Gasteiger charge is -2.32. The van der Waals surface area contributed by atoms with Crippen molar-refractivity contribution in [2.75, 3.05) is 0 Å². The van der Waals surface area contributed by atoms with Crippen LogP contribution in [0.15, 0.2) is 23.8 Å². The molecule has 0 radical (unpaired) electrons. The van der Waals surface area contributed by atoms with E-state index < -0.39 is 0 Å². The molecule has 90 valence electrons. The minimum atomic E-state index is 0.328. The Bertz CT molecular complexity index is 192. The summed E-state index contributed by atoms with van der Waals surface area (Å²) in [5.74, 6) is 0.698. The van der Waals surface area contributed by atoms with Crippen LogP contribution in [0.3, 0.4) is 0 Å². The van der Waals surface area contributed by atoms with E-state index in [2.05, 4.69) is 59.8 Å². The van der Waals surface area contributed by atoms with Crippen molar-refractivity contribution in [2.45, 2.75) is 61.8 Å². The Hall–Kier alpha value is -0.520. The van der Waals surface area contributed by atoms with E-state index in [9.17, 15) is 0 Å². The van der Waals surface area contributed by atoms with Gasteiger partial charge < -0.3 is 0 Å². The van der Waals surface area contributed by atoms with Crippen LogP contribution < -0.4 is 0 Å². The van der Waals surface area contributed by atoms with E-state index in [0.717, 1.165) is 6.42 Å². The zero-order chi connectivity index (χ0) is 12.5. The highest BCUT2D eigenvalue weighted by Crippen LogP contribution is 2.36. The van der Waals surface area contributed by atoms with Crippen LogP contribution in [-0.4, -0.2) is 0 Å². The van der Waals surface area contributed by atoms with Crippen LogP contribution >= 0.6 is 0 Å². The minimum Gasteiger partial charge on any atom is -0.0877 e. The molecule has 0 N–H and O–H groups in total. The zero-order valence-electron chi connectivity index (χ0n) is 12.0. The molecule has 0 saturated heterocycles. The largest absolute Gasteiger partial charge is 0.0877 e. The highest BCUT2D eigenvalue weighted by molar-refractivity contribution is 5.19. The van der Waals surface area contributed by atoms with Crippen molar-refractivity contribution in [1.29, 1.82) is 0 Å². The second-order valence-corrected chi connectivity index (χ2v) is 4.45. The van der Waals surface area contributed by atoms with E-state index >= 15 is 0 Å². The summed E-state index contributed by atoms with van der Waals surface area (Å²) in [6, 6.07) is 0. The normalized spacial score (nSPS) is 13.0. The van der Waals surface area contributed by atoms with E-state index in [1.54, 1.807) is 5.57 Å². The highest BCUT2D eigenvalue weighted by atomic mass is 14.3. The lowest BCUT2D eigenvalue weighted by atomic mass is 9.73. The summed E-state index contributed by atoms with van der Waals surface area (Å²) < 4.78 is 0. The van der Waals surface area contributed by atoms with E-state index in [0.29, 0.717) is 11.3 Å². The quantitative estimate of drug-likeness (QED) is 0.529. The molecular formula is C15H30. The third-order valence-corrected chi connectivity index (χ3v) is 3.14. The summed E-state index contributed by atoms with van der Waals surface area (Å²) in [5, 5.41) is 0. The van der Waals surface area contributed by atoms with Crippen molar-refractivity contribution in [3.63, 3.8) is 0 Å². The maximum absolute atomic E-state index is 2.33. The topological polar surface area (TPSA) is 0 Å². The molecule has 0 aromatic rings. The average Bonchev–Trinajstić information content (AvgIpc) is 2.21. The van der Waals surface area contributed by atoms with Gasteiger partial charge in [-0.05, 0) is 24.7 Å². The van der Waals surface area contributed by atoms with Crippen LogP contribution in [0.1, 0.15) is 61.8 Å². The maximum Gasteiger partial charge on any atom is -0.0119 e.